The van der Waals surface area contributed by atoms with Crippen molar-refractivity contribution in [1.82, 2.24) is 14.9 Å². The van der Waals surface area contributed by atoms with Gasteiger partial charge in [-0.25, -0.2) is 9.97 Å². The maximum absolute atomic E-state index is 6.22. The van der Waals surface area contributed by atoms with E-state index in [1.54, 1.807) is 0 Å². The molecule has 6 heteroatoms. The van der Waals surface area contributed by atoms with Crippen LogP contribution >= 0.6 is 11.6 Å². The summed E-state index contributed by atoms with van der Waals surface area (Å²) in [6, 6.07) is 0. The van der Waals surface area contributed by atoms with E-state index in [9.17, 15) is 0 Å². The Labute approximate surface area is 138 Å². The number of aromatic nitrogens is 2. The molecule has 1 aromatic rings. The predicted octanol–water partition coefficient (Wildman–Crippen LogP) is 2.55. The first kappa shape index (κ1) is 17.4. The highest BCUT2D eigenvalue weighted by molar-refractivity contribution is 6.30. The van der Waals surface area contributed by atoms with Gasteiger partial charge < -0.3 is 9.64 Å². The van der Waals surface area contributed by atoms with Gasteiger partial charge in [-0.3, -0.25) is 4.90 Å². The Bertz CT molecular complexity index is 501. The van der Waals surface area contributed by atoms with Crippen LogP contribution in [-0.2, 0) is 11.2 Å². The lowest BCUT2D eigenvalue weighted by Gasteiger charge is -2.36. The molecule has 0 saturated carbocycles. The first-order valence-electron chi connectivity index (χ1n) is 8.02. The van der Waals surface area contributed by atoms with E-state index in [0.29, 0.717) is 17.4 Å². The van der Waals surface area contributed by atoms with Crippen molar-refractivity contribution >= 4 is 17.4 Å². The van der Waals surface area contributed by atoms with E-state index in [0.717, 1.165) is 49.8 Å². The van der Waals surface area contributed by atoms with E-state index in [2.05, 4.69) is 40.7 Å². The lowest BCUT2D eigenvalue weighted by atomic mass is 10.2. The highest BCUT2D eigenvalue weighted by Gasteiger charge is 2.22. The van der Waals surface area contributed by atoms with E-state index >= 15 is 0 Å². The Balaban J connectivity index is 2.00. The summed E-state index contributed by atoms with van der Waals surface area (Å²) in [5, 5.41) is 0.558. The summed E-state index contributed by atoms with van der Waals surface area (Å²) in [7, 11) is 2.07. The van der Waals surface area contributed by atoms with Crippen molar-refractivity contribution in [2.45, 2.75) is 46.3 Å². The fourth-order valence-corrected chi connectivity index (χ4v) is 3.10. The summed E-state index contributed by atoms with van der Waals surface area (Å²) in [5.74, 6) is 1.73. The standard InChI is InChI=1S/C16H27ClN4O/c1-6-14-18-15(17)13(4)16(19-14)20(5)7-8-21-9-11(2)22-12(3)10-21/h11-12H,6-10H2,1-5H3/t11-,12+. The Morgan fingerprint density at radius 2 is 1.91 bits per heavy atom. The molecule has 2 atom stereocenters. The zero-order valence-electron chi connectivity index (χ0n) is 14.3. The Morgan fingerprint density at radius 3 is 2.50 bits per heavy atom. The molecule has 0 spiro atoms. The number of ether oxygens (including phenoxy) is 1. The van der Waals surface area contributed by atoms with Crippen molar-refractivity contribution in [3.05, 3.63) is 16.5 Å². The minimum Gasteiger partial charge on any atom is -0.373 e. The minimum atomic E-state index is 0.302. The van der Waals surface area contributed by atoms with Crippen LogP contribution in [0.1, 0.15) is 32.2 Å². The predicted molar refractivity (Wildman–Crippen MR) is 90.9 cm³/mol. The number of hydrogen-bond acceptors (Lipinski definition) is 5. The molecule has 1 fully saturated rings. The lowest BCUT2D eigenvalue weighted by Crippen LogP contribution is -2.47. The topological polar surface area (TPSA) is 41.5 Å². The number of rotatable bonds is 5. The average molecular weight is 327 g/mol. The van der Waals surface area contributed by atoms with Crippen molar-refractivity contribution in [3.8, 4) is 0 Å². The largest absolute Gasteiger partial charge is 0.373 e. The van der Waals surface area contributed by atoms with Crippen LogP contribution in [0.25, 0.3) is 0 Å². The van der Waals surface area contributed by atoms with Crippen LogP contribution < -0.4 is 4.90 Å². The molecule has 2 heterocycles. The molecule has 22 heavy (non-hydrogen) atoms. The number of nitrogens with zero attached hydrogens (tertiary/aromatic N) is 4. The van der Waals surface area contributed by atoms with Gasteiger partial charge in [0.1, 0.15) is 16.8 Å². The molecule has 1 saturated heterocycles. The second kappa shape index (κ2) is 7.57. The third-order valence-corrected chi connectivity index (χ3v) is 4.40. The molecule has 0 N–H and O–H groups in total. The van der Waals surface area contributed by atoms with Crippen molar-refractivity contribution in [2.24, 2.45) is 0 Å². The average Bonchev–Trinajstić information content (AvgIpc) is 2.46. The van der Waals surface area contributed by atoms with Crippen LogP contribution in [0.5, 0.6) is 0 Å². The fourth-order valence-electron chi connectivity index (χ4n) is 2.91. The molecule has 0 aliphatic carbocycles. The summed E-state index contributed by atoms with van der Waals surface area (Å²) in [5.41, 5.74) is 0.949. The highest BCUT2D eigenvalue weighted by atomic mass is 35.5. The van der Waals surface area contributed by atoms with E-state index in [4.69, 9.17) is 16.3 Å². The van der Waals surface area contributed by atoms with Crippen molar-refractivity contribution in [2.75, 3.05) is 38.1 Å². The van der Waals surface area contributed by atoms with E-state index in [1.165, 1.54) is 0 Å². The molecule has 1 aromatic heterocycles. The maximum atomic E-state index is 6.22. The van der Waals surface area contributed by atoms with Crippen LogP contribution in [0.2, 0.25) is 5.15 Å². The van der Waals surface area contributed by atoms with Crippen LogP contribution in [0, 0.1) is 6.92 Å². The molecular weight excluding hydrogens is 300 g/mol. The normalized spacial score (nSPS) is 22.8. The number of aryl methyl sites for hydroxylation is 1. The minimum absolute atomic E-state index is 0.302. The van der Waals surface area contributed by atoms with Gasteiger partial charge in [0.15, 0.2) is 0 Å². The number of likely N-dealkylation sites (N-methyl/N-ethyl adjacent to an activating group) is 1. The van der Waals surface area contributed by atoms with E-state index in [-0.39, 0.29) is 0 Å². The van der Waals surface area contributed by atoms with Gasteiger partial charge in [0.05, 0.1) is 12.2 Å². The van der Waals surface area contributed by atoms with Gasteiger partial charge in [0, 0.05) is 45.2 Å². The fraction of sp³-hybridized carbons (Fsp3) is 0.750. The summed E-state index contributed by atoms with van der Waals surface area (Å²) < 4.78 is 5.78. The Hall–Kier alpha value is -0.910. The summed E-state index contributed by atoms with van der Waals surface area (Å²) in [4.78, 5) is 13.6. The zero-order chi connectivity index (χ0) is 16.3. The van der Waals surface area contributed by atoms with Crippen LogP contribution in [0.15, 0.2) is 0 Å². The van der Waals surface area contributed by atoms with E-state index < -0.39 is 0 Å². The second-order valence-corrected chi connectivity index (χ2v) is 6.53. The lowest BCUT2D eigenvalue weighted by molar-refractivity contribution is -0.0670. The number of hydrogen-bond donors (Lipinski definition) is 0. The molecule has 0 aromatic carbocycles. The quantitative estimate of drug-likeness (QED) is 0.778. The van der Waals surface area contributed by atoms with Crippen molar-refractivity contribution in [1.29, 1.82) is 0 Å². The molecule has 5 nitrogen and oxygen atoms in total. The third kappa shape index (κ3) is 4.31. The Kier molecular flexibility index (Phi) is 6.01. The van der Waals surface area contributed by atoms with Gasteiger partial charge in [-0.05, 0) is 20.8 Å². The summed E-state index contributed by atoms with van der Waals surface area (Å²) in [6.45, 7) is 12.2. The molecule has 124 valence electrons. The van der Waals surface area contributed by atoms with Gasteiger partial charge in [0.25, 0.3) is 0 Å². The van der Waals surface area contributed by atoms with Crippen LogP contribution in [-0.4, -0.2) is 60.3 Å². The molecule has 1 aliphatic rings. The smallest absolute Gasteiger partial charge is 0.137 e. The van der Waals surface area contributed by atoms with Crippen LogP contribution in [0.4, 0.5) is 5.82 Å². The molecule has 2 rings (SSSR count). The monoisotopic (exact) mass is 326 g/mol. The van der Waals surface area contributed by atoms with Crippen LogP contribution in [0.3, 0.4) is 0 Å². The number of halogens is 1. The molecule has 1 aliphatic heterocycles. The number of morpholine rings is 1. The van der Waals surface area contributed by atoms with Crippen molar-refractivity contribution in [3.63, 3.8) is 0 Å². The molecule has 0 bridgehead atoms. The molecule has 0 amide bonds. The summed E-state index contributed by atoms with van der Waals surface area (Å²) >= 11 is 6.22. The van der Waals surface area contributed by atoms with Gasteiger partial charge in [-0.1, -0.05) is 18.5 Å². The third-order valence-electron chi connectivity index (χ3n) is 4.03. The Morgan fingerprint density at radius 1 is 1.27 bits per heavy atom. The van der Waals surface area contributed by atoms with E-state index in [1.807, 2.05) is 13.8 Å². The maximum Gasteiger partial charge on any atom is 0.137 e. The molecule has 0 radical (unpaired) electrons. The first-order chi connectivity index (χ1) is 10.4. The number of anilines is 1. The van der Waals surface area contributed by atoms with Gasteiger partial charge in [-0.15, -0.1) is 0 Å². The van der Waals surface area contributed by atoms with Gasteiger partial charge in [0.2, 0.25) is 0 Å². The SMILES string of the molecule is CCc1nc(Cl)c(C)c(N(C)CCN2C[C@@H](C)O[C@@H](C)C2)n1. The first-order valence-corrected chi connectivity index (χ1v) is 8.40. The molecular formula is C16H27ClN4O. The summed E-state index contributed by atoms with van der Waals surface area (Å²) in [6.07, 6.45) is 1.39. The zero-order valence-corrected chi connectivity index (χ0v) is 15.0. The second-order valence-electron chi connectivity index (χ2n) is 6.17. The molecule has 0 unspecified atom stereocenters. The van der Waals surface area contributed by atoms with Gasteiger partial charge in [-0.2, -0.15) is 0 Å². The highest BCUT2D eigenvalue weighted by Crippen LogP contribution is 2.23. The van der Waals surface area contributed by atoms with Gasteiger partial charge >= 0.3 is 0 Å². The van der Waals surface area contributed by atoms with Crippen molar-refractivity contribution < 1.29 is 4.74 Å².